The second-order valence-electron chi connectivity index (χ2n) is 8.49. The second-order valence-corrected chi connectivity index (χ2v) is 8.49. The van der Waals surface area contributed by atoms with E-state index in [1.54, 1.807) is 11.1 Å². The summed E-state index contributed by atoms with van der Waals surface area (Å²) in [5, 5.41) is 4.16. The summed E-state index contributed by atoms with van der Waals surface area (Å²) in [6, 6.07) is 20.7. The maximum Gasteiger partial charge on any atom is 0.271 e. The standard InChI is InChI=1S/C27H29N3O/c1-19-8-11-25(21(3)20(19)2)16-28-29-27(31)24-12-9-22(10-13-24)17-30-15-14-23-6-4-5-7-26(23)18-30/h4-13,16H,14-15,17-18H2,1-3H3,(H,29,31)/p+1/b28-16-. The topological polar surface area (TPSA) is 45.9 Å². The van der Waals surface area contributed by atoms with Crippen LogP contribution in [-0.2, 0) is 19.5 Å². The Bertz CT molecular complexity index is 1120. The van der Waals surface area contributed by atoms with Crippen molar-refractivity contribution < 1.29 is 9.69 Å². The second kappa shape index (κ2) is 9.27. The molecule has 1 aliphatic rings. The number of rotatable bonds is 5. The van der Waals surface area contributed by atoms with E-state index in [1.165, 1.54) is 33.4 Å². The van der Waals surface area contributed by atoms with Gasteiger partial charge in [0.1, 0.15) is 13.1 Å². The highest BCUT2D eigenvalue weighted by molar-refractivity contribution is 5.95. The number of hydrogen-bond donors (Lipinski definition) is 2. The maximum absolute atomic E-state index is 12.4. The Hall–Kier alpha value is -3.24. The zero-order valence-corrected chi connectivity index (χ0v) is 18.5. The number of nitrogens with zero attached hydrogens (tertiary/aromatic N) is 1. The molecule has 4 rings (SSSR count). The summed E-state index contributed by atoms with van der Waals surface area (Å²) in [5.41, 5.74) is 12.2. The van der Waals surface area contributed by atoms with Crippen molar-refractivity contribution in [2.75, 3.05) is 6.54 Å². The lowest BCUT2D eigenvalue weighted by atomic mass is 9.99. The molecule has 0 saturated heterocycles. The zero-order chi connectivity index (χ0) is 21.8. The van der Waals surface area contributed by atoms with Crippen LogP contribution >= 0.6 is 0 Å². The van der Waals surface area contributed by atoms with Crippen LogP contribution in [0.25, 0.3) is 0 Å². The summed E-state index contributed by atoms with van der Waals surface area (Å²) in [6.07, 6.45) is 2.84. The van der Waals surface area contributed by atoms with Crippen LogP contribution in [0.15, 0.2) is 65.8 Å². The van der Waals surface area contributed by atoms with Crippen molar-refractivity contribution in [3.8, 4) is 0 Å². The number of quaternary nitrogens is 1. The van der Waals surface area contributed by atoms with Crippen LogP contribution in [0, 0.1) is 20.8 Å². The molecule has 158 valence electrons. The summed E-state index contributed by atoms with van der Waals surface area (Å²) in [6.45, 7) is 9.46. The van der Waals surface area contributed by atoms with Gasteiger partial charge in [-0.05, 0) is 60.7 Å². The normalized spacial score (nSPS) is 15.6. The minimum atomic E-state index is -0.191. The number of benzene rings is 3. The Morgan fingerprint density at radius 2 is 1.71 bits per heavy atom. The largest absolute Gasteiger partial charge is 0.327 e. The van der Waals surface area contributed by atoms with E-state index < -0.39 is 0 Å². The lowest BCUT2D eigenvalue weighted by Gasteiger charge is -2.26. The Morgan fingerprint density at radius 3 is 2.48 bits per heavy atom. The number of amides is 1. The number of fused-ring (bicyclic) bond motifs is 1. The summed E-state index contributed by atoms with van der Waals surface area (Å²) in [7, 11) is 0. The van der Waals surface area contributed by atoms with Crippen LogP contribution < -0.4 is 10.3 Å². The van der Waals surface area contributed by atoms with Gasteiger partial charge in [0.2, 0.25) is 0 Å². The highest BCUT2D eigenvalue weighted by Crippen LogP contribution is 2.15. The smallest absolute Gasteiger partial charge is 0.271 e. The number of carbonyl (C=O) groups is 1. The van der Waals surface area contributed by atoms with Crippen LogP contribution in [-0.4, -0.2) is 18.7 Å². The van der Waals surface area contributed by atoms with E-state index in [1.807, 2.05) is 18.2 Å². The molecule has 0 fully saturated rings. The number of hydrazone groups is 1. The van der Waals surface area contributed by atoms with Gasteiger partial charge in [0.05, 0.1) is 12.8 Å². The van der Waals surface area contributed by atoms with E-state index in [4.69, 9.17) is 0 Å². The van der Waals surface area contributed by atoms with Gasteiger partial charge in [0, 0.05) is 23.1 Å². The van der Waals surface area contributed by atoms with E-state index in [0.717, 1.165) is 31.6 Å². The molecule has 0 aromatic heterocycles. The first-order valence-electron chi connectivity index (χ1n) is 10.9. The summed E-state index contributed by atoms with van der Waals surface area (Å²) in [4.78, 5) is 14.0. The van der Waals surface area contributed by atoms with Crippen molar-refractivity contribution in [3.05, 3.63) is 105 Å². The van der Waals surface area contributed by atoms with E-state index in [0.29, 0.717) is 5.56 Å². The fraction of sp³-hybridized carbons (Fsp3) is 0.259. The molecule has 4 nitrogen and oxygen atoms in total. The van der Waals surface area contributed by atoms with Crippen LogP contribution in [0.1, 0.15) is 49.3 Å². The molecular formula is C27H30N3O+. The zero-order valence-electron chi connectivity index (χ0n) is 18.5. The molecule has 0 radical (unpaired) electrons. The maximum atomic E-state index is 12.4. The van der Waals surface area contributed by atoms with Gasteiger partial charge in [-0.1, -0.05) is 48.5 Å². The number of aryl methyl sites for hydroxylation is 1. The minimum absolute atomic E-state index is 0.191. The van der Waals surface area contributed by atoms with Crippen molar-refractivity contribution in [2.24, 2.45) is 5.10 Å². The predicted octanol–water partition coefficient (Wildman–Crippen LogP) is 3.52. The van der Waals surface area contributed by atoms with Gasteiger partial charge in [-0.2, -0.15) is 5.10 Å². The summed E-state index contributed by atoms with van der Waals surface area (Å²) in [5.74, 6) is -0.191. The summed E-state index contributed by atoms with van der Waals surface area (Å²) >= 11 is 0. The first-order chi connectivity index (χ1) is 15.0. The molecule has 31 heavy (non-hydrogen) atoms. The number of hydrogen-bond acceptors (Lipinski definition) is 2. The number of carbonyl (C=O) groups excluding carboxylic acids is 1. The third-order valence-electron chi connectivity index (χ3n) is 6.45. The van der Waals surface area contributed by atoms with Gasteiger partial charge in [0.15, 0.2) is 0 Å². The van der Waals surface area contributed by atoms with Crippen LogP contribution in [0.4, 0.5) is 0 Å². The molecule has 2 N–H and O–H groups in total. The molecule has 1 atom stereocenters. The predicted molar refractivity (Wildman–Crippen MR) is 126 cm³/mol. The Labute approximate surface area is 184 Å². The van der Waals surface area contributed by atoms with Gasteiger partial charge in [-0.15, -0.1) is 0 Å². The molecule has 3 aromatic carbocycles. The van der Waals surface area contributed by atoms with Gasteiger partial charge in [-0.25, -0.2) is 5.43 Å². The number of nitrogens with one attached hydrogen (secondary N) is 2. The average molecular weight is 413 g/mol. The van der Waals surface area contributed by atoms with Crippen molar-refractivity contribution in [3.63, 3.8) is 0 Å². The first-order valence-corrected chi connectivity index (χ1v) is 10.9. The Balaban J connectivity index is 1.34. The summed E-state index contributed by atoms with van der Waals surface area (Å²) < 4.78 is 0. The third kappa shape index (κ3) is 4.92. The lowest BCUT2D eigenvalue weighted by molar-refractivity contribution is -0.929. The van der Waals surface area contributed by atoms with Gasteiger partial charge in [-0.3, -0.25) is 4.79 Å². The molecule has 0 saturated carbocycles. The van der Waals surface area contributed by atoms with E-state index in [-0.39, 0.29) is 5.91 Å². The highest BCUT2D eigenvalue weighted by atomic mass is 16.2. The Kier molecular flexibility index (Phi) is 6.28. The molecule has 0 spiro atoms. The van der Waals surface area contributed by atoms with Crippen molar-refractivity contribution >= 4 is 12.1 Å². The molecule has 1 unspecified atom stereocenters. The molecule has 1 heterocycles. The quantitative estimate of drug-likeness (QED) is 0.489. The van der Waals surface area contributed by atoms with Crippen molar-refractivity contribution in [1.29, 1.82) is 0 Å². The lowest BCUT2D eigenvalue weighted by Crippen LogP contribution is -3.10. The van der Waals surface area contributed by atoms with E-state index in [9.17, 15) is 4.79 Å². The molecule has 1 aliphatic heterocycles. The fourth-order valence-corrected chi connectivity index (χ4v) is 4.20. The minimum Gasteiger partial charge on any atom is -0.327 e. The fourth-order valence-electron chi connectivity index (χ4n) is 4.20. The monoisotopic (exact) mass is 412 g/mol. The molecule has 1 amide bonds. The van der Waals surface area contributed by atoms with Crippen LogP contribution in [0.2, 0.25) is 0 Å². The van der Waals surface area contributed by atoms with Crippen LogP contribution in [0.5, 0.6) is 0 Å². The average Bonchev–Trinajstić information content (AvgIpc) is 2.79. The van der Waals surface area contributed by atoms with Crippen molar-refractivity contribution in [2.45, 2.75) is 40.3 Å². The SMILES string of the molecule is Cc1ccc(/C=N\NC(=O)c2ccc(C[NH+]3CCc4ccccc4C3)cc2)c(C)c1C. The molecule has 4 heteroatoms. The first kappa shape index (κ1) is 21.0. The molecule has 0 bridgehead atoms. The van der Waals surface area contributed by atoms with Crippen molar-refractivity contribution in [1.82, 2.24) is 5.43 Å². The van der Waals surface area contributed by atoms with Crippen LogP contribution in [0.3, 0.4) is 0 Å². The van der Waals surface area contributed by atoms with Gasteiger partial charge < -0.3 is 4.90 Å². The third-order valence-corrected chi connectivity index (χ3v) is 6.45. The molecular weight excluding hydrogens is 382 g/mol. The Morgan fingerprint density at radius 1 is 0.968 bits per heavy atom. The van der Waals surface area contributed by atoms with E-state index >= 15 is 0 Å². The van der Waals surface area contributed by atoms with Gasteiger partial charge in [0.25, 0.3) is 5.91 Å². The molecule has 3 aromatic rings. The highest BCUT2D eigenvalue weighted by Gasteiger charge is 2.19. The molecule has 0 aliphatic carbocycles. The van der Waals surface area contributed by atoms with E-state index in [2.05, 4.69) is 73.8 Å². The van der Waals surface area contributed by atoms with Gasteiger partial charge >= 0.3 is 0 Å².